The number of ether oxygens (including phenoxy) is 2. The topological polar surface area (TPSA) is 18.5 Å². The van der Waals surface area contributed by atoms with Crippen LogP contribution in [-0.4, -0.2) is 20.5 Å². The van der Waals surface area contributed by atoms with Crippen molar-refractivity contribution in [1.29, 1.82) is 0 Å². The van der Waals surface area contributed by atoms with E-state index in [2.05, 4.69) is 9.47 Å². The van der Waals surface area contributed by atoms with Crippen LogP contribution in [0.3, 0.4) is 0 Å². The monoisotopic (exact) mass is 168 g/mol. The Balaban J connectivity index is 0.000000202. The van der Waals surface area contributed by atoms with Gasteiger partial charge in [-0.1, -0.05) is 36.4 Å². The highest BCUT2D eigenvalue weighted by atomic mass is 16.7. The molecule has 0 bridgehead atoms. The van der Waals surface area contributed by atoms with Crippen molar-refractivity contribution in [1.82, 2.24) is 0 Å². The van der Waals surface area contributed by atoms with Crippen molar-refractivity contribution < 1.29 is 9.47 Å². The molecule has 0 amide bonds. The molecule has 0 aliphatic carbocycles. The molecule has 0 aliphatic rings. The molecule has 1 rings (SSSR count). The Morgan fingerprint density at radius 2 is 1.00 bits per heavy atom. The van der Waals surface area contributed by atoms with Crippen LogP contribution < -0.4 is 0 Å². The maximum Gasteiger partial charge on any atom is 0.154 e. The number of benzene rings is 1. The Morgan fingerprint density at radius 3 is 1.08 bits per heavy atom. The van der Waals surface area contributed by atoms with Gasteiger partial charge in [-0.2, -0.15) is 0 Å². The quantitative estimate of drug-likeness (QED) is 0.631. The van der Waals surface area contributed by atoms with Crippen molar-refractivity contribution in [3.8, 4) is 0 Å². The molecule has 1 aromatic rings. The van der Waals surface area contributed by atoms with Crippen LogP contribution >= 0.6 is 0 Å². The van der Waals surface area contributed by atoms with Crippen molar-refractivity contribution >= 4 is 0 Å². The van der Waals surface area contributed by atoms with Crippen LogP contribution in [0.15, 0.2) is 36.4 Å². The molecule has 0 aromatic heterocycles. The lowest BCUT2D eigenvalue weighted by Gasteiger charge is -2.03. The van der Waals surface area contributed by atoms with E-state index in [9.17, 15) is 0 Å². The average Bonchev–Trinajstić information content (AvgIpc) is 2.20. The summed E-state index contributed by atoms with van der Waals surface area (Å²) in [6.45, 7) is 1.83. The smallest absolute Gasteiger partial charge is 0.154 e. The number of methoxy groups -OCH3 is 2. The summed E-state index contributed by atoms with van der Waals surface area (Å²) < 4.78 is 9.35. The van der Waals surface area contributed by atoms with E-state index in [0.717, 1.165) is 0 Å². The van der Waals surface area contributed by atoms with Crippen LogP contribution in [0.25, 0.3) is 0 Å². The molecule has 0 heterocycles. The van der Waals surface area contributed by atoms with E-state index in [4.69, 9.17) is 0 Å². The van der Waals surface area contributed by atoms with Crippen LogP contribution in [-0.2, 0) is 9.47 Å². The van der Waals surface area contributed by atoms with Gasteiger partial charge >= 0.3 is 0 Å². The highest BCUT2D eigenvalue weighted by Gasteiger charge is 1.87. The molecule has 0 saturated heterocycles. The standard InChI is InChI=1S/C6H6.C4H10O2/c1-2-4-6-5-3-1;1-4(5-2)6-3/h1-6H;4H,1-3H3. The van der Waals surface area contributed by atoms with Crippen molar-refractivity contribution in [2.24, 2.45) is 0 Å². The molecule has 1 aromatic carbocycles. The SMILES string of the molecule is COC(C)OC.c1ccccc1. The predicted molar refractivity (Wildman–Crippen MR) is 49.9 cm³/mol. The first-order chi connectivity index (χ1) is 5.81. The summed E-state index contributed by atoms with van der Waals surface area (Å²) in [5.41, 5.74) is 0. The zero-order chi connectivity index (χ0) is 9.23. The molecule has 68 valence electrons. The molecule has 0 N–H and O–H groups in total. The van der Waals surface area contributed by atoms with E-state index >= 15 is 0 Å². The highest BCUT2D eigenvalue weighted by Crippen LogP contribution is 1.83. The Bertz CT molecular complexity index is 132. The molecule has 0 unspecified atom stereocenters. The minimum Gasteiger partial charge on any atom is -0.356 e. The van der Waals surface area contributed by atoms with Gasteiger partial charge in [0.15, 0.2) is 6.29 Å². The maximum atomic E-state index is 4.68. The van der Waals surface area contributed by atoms with Crippen molar-refractivity contribution in [3.63, 3.8) is 0 Å². The Morgan fingerprint density at radius 1 is 0.750 bits per heavy atom. The predicted octanol–water partition coefficient (Wildman–Crippen LogP) is 2.31. The minimum atomic E-state index is -0.0648. The van der Waals surface area contributed by atoms with Gasteiger partial charge in [0.25, 0.3) is 0 Å². The van der Waals surface area contributed by atoms with Gasteiger partial charge in [-0.25, -0.2) is 0 Å². The van der Waals surface area contributed by atoms with Crippen LogP contribution in [0, 0.1) is 0 Å². The minimum absolute atomic E-state index is 0.0648. The second-order valence-corrected chi connectivity index (χ2v) is 2.19. The summed E-state index contributed by atoms with van der Waals surface area (Å²) in [7, 11) is 3.21. The van der Waals surface area contributed by atoms with Gasteiger partial charge in [0.05, 0.1) is 0 Å². The van der Waals surface area contributed by atoms with Gasteiger partial charge in [0, 0.05) is 14.2 Å². The molecule has 0 atom stereocenters. The fraction of sp³-hybridized carbons (Fsp3) is 0.400. The van der Waals surface area contributed by atoms with Crippen molar-refractivity contribution in [2.75, 3.05) is 14.2 Å². The Kier molecular flexibility index (Phi) is 7.65. The molecular formula is C10H16O2. The van der Waals surface area contributed by atoms with Gasteiger partial charge in [0.2, 0.25) is 0 Å². The van der Waals surface area contributed by atoms with Crippen LogP contribution in [0.1, 0.15) is 6.92 Å². The molecule has 0 saturated carbocycles. The van der Waals surface area contributed by atoms with Gasteiger partial charge in [-0.3, -0.25) is 0 Å². The van der Waals surface area contributed by atoms with E-state index in [1.807, 2.05) is 43.3 Å². The summed E-state index contributed by atoms with van der Waals surface area (Å²) >= 11 is 0. The van der Waals surface area contributed by atoms with Gasteiger partial charge in [0.1, 0.15) is 0 Å². The molecule has 0 radical (unpaired) electrons. The van der Waals surface area contributed by atoms with E-state index in [-0.39, 0.29) is 6.29 Å². The number of hydrogen-bond acceptors (Lipinski definition) is 2. The lowest BCUT2D eigenvalue weighted by atomic mass is 10.4. The summed E-state index contributed by atoms with van der Waals surface area (Å²) in [5, 5.41) is 0. The summed E-state index contributed by atoms with van der Waals surface area (Å²) in [5.74, 6) is 0. The van der Waals surface area contributed by atoms with E-state index < -0.39 is 0 Å². The normalized spacial score (nSPS) is 9.00. The van der Waals surface area contributed by atoms with E-state index in [1.165, 1.54) is 0 Å². The fourth-order valence-electron chi connectivity index (χ4n) is 0.481. The molecule has 2 heteroatoms. The summed E-state index contributed by atoms with van der Waals surface area (Å²) in [6, 6.07) is 12.0. The molecule has 0 aliphatic heterocycles. The second-order valence-electron chi connectivity index (χ2n) is 2.19. The first-order valence-corrected chi connectivity index (χ1v) is 3.87. The van der Waals surface area contributed by atoms with Crippen LogP contribution in [0.5, 0.6) is 0 Å². The van der Waals surface area contributed by atoms with Gasteiger partial charge in [-0.05, 0) is 6.92 Å². The van der Waals surface area contributed by atoms with Gasteiger partial charge < -0.3 is 9.47 Å². The Labute approximate surface area is 74.1 Å². The number of rotatable bonds is 2. The Hall–Kier alpha value is -0.860. The lowest BCUT2D eigenvalue weighted by molar-refractivity contribution is -0.0877. The first kappa shape index (κ1) is 11.1. The van der Waals surface area contributed by atoms with E-state index in [1.54, 1.807) is 14.2 Å². The lowest BCUT2D eigenvalue weighted by Crippen LogP contribution is -2.05. The summed E-state index contributed by atoms with van der Waals surface area (Å²) in [6.07, 6.45) is -0.0648. The fourth-order valence-corrected chi connectivity index (χ4v) is 0.481. The third-order valence-corrected chi connectivity index (χ3v) is 1.33. The van der Waals surface area contributed by atoms with Crippen LogP contribution in [0.2, 0.25) is 0 Å². The molecule has 12 heavy (non-hydrogen) atoms. The van der Waals surface area contributed by atoms with Crippen molar-refractivity contribution in [3.05, 3.63) is 36.4 Å². The van der Waals surface area contributed by atoms with E-state index in [0.29, 0.717) is 0 Å². The number of hydrogen-bond donors (Lipinski definition) is 0. The third kappa shape index (κ3) is 7.25. The largest absolute Gasteiger partial charge is 0.356 e. The van der Waals surface area contributed by atoms with Crippen LogP contribution in [0.4, 0.5) is 0 Å². The third-order valence-electron chi connectivity index (χ3n) is 1.33. The highest BCUT2D eigenvalue weighted by molar-refractivity contribution is 4.99. The second kappa shape index (κ2) is 8.24. The molecule has 2 nitrogen and oxygen atoms in total. The van der Waals surface area contributed by atoms with Gasteiger partial charge in [-0.15, -0.1) is 0 Å². The summed E-state index contributed by atoms with van der Waals surface area (Å²) in [4.78, 5) is 0. The molecule has 0 spiro atoms. The molecular weight excluding hydrogens is 152 g/mol. The molecule has 0 fully saturated rings. The zero-order valence-electron chi connectivity index (χ0n) is 7.86. The zero-order valence-corrected chi connectivity index (χ0v) is 7.86. The maximum absolute atomic E-state index is 4.68. The van der Waals surface area contributed by atoms with Crippen molar-refractivity contribution in [2.45, 2.75) is 13.2 Å². The first-order valence-electron chi connectivity index (χ1n) is 3.87. The average molecular weight is 168 g/mol.